The van der Waals surface area contributed by atoms with E-state index in [-0.39, 0.29) is 33.7 Å². The van der Waals surface area contributed by atoms with Crippen LogP contribution in [0.3, 0.4) is 0 Å². The molecule has 5 rings (SSSR count). The van der Waals surface area contributed by atoms with Crippen LogP contribution in [-0.2, 0) is 4.79 Å². The lowest BCUT2D eigenvalue weighted by atomic mass is 9.32. The highest BCUT2D eigenvalue weighted by atomic mass is 16.4. The molecule has 5 saturated carbocycles. The average molecular weight is 471 g/mol. The minimum atomic E-state index is -0.536. The fourth-order valence-electron chi connectivity index (χ4n) is 11.8. The normalized spacial score (nSPS) is 56.6. The Hall–Kier alpha value is -0.830. The zero-order valence-corrected chi connectivity index (χ0v) is 22.8. The molecule has 0 saturated heterocycles. The summed E-state index contributed by atoms with van der Waals surface area (Å²) in [6.07, 6.45) is 11.6. The van der Waals surface area contributed by atoms with Crippen LogP contribution in [0.15, 0.2) is 12.2 Å². The Labute approximate surface area is 208 Å². The topological polar surface area (TPSA) is 57.5 Å². The molecule has 0 bridgehead atoms. The van der Waals surface area contributed by atoms with Gasteiger partial charge in [-0.3, -0.25) is 4.79 Å². The van der Waals surface area contributed by atoms with E-state index in [9.17, 15) is 15.0 Å². The molecule has 3 nitrogen and oxygen atoms in total. The van der Waals surface area contributed by atoms with E-state index in [0.29, 0.717) is 23.7 Å². The Morgan fingerprint density at radius 2 is 1.59 bits per heavy atom. The Morgan fingerprint density at radius 1 is 0.882 bits per heavy atom. The van der Waals surface area contributed by atoms with E-state index in [4.69, 9.17) is 0 Å². The first-order valence-electron chi connectivity index (χ1n) is 14.4. The number of carboxylic acid groups (broad SMARTS) is 1. The van der Waals surface area contributed by atoms with Crippen molar-refractivity contribution in [3.8, 4) is 0 Å². The molecule has 0 heterocycles. The summed E-state index contributed by atoms with van der Waals surface area (Å²) in [6.45, 7) is 18.9. The van der Waals surface area contributed by atoms with Crippen LogP contribution in [-0.4, -0.2) is 22.3 Å². The van der Waals surface area contributed by atoms with Crippen molar-refractivity contribution in [3.05, 3.63) is 12.2 Å². The third-order valence-electron chi connectivity index (χ3n) is 14.0. The second kappa shape index (κ2) is 7.59. The number of hydrogen-bond acceptors (Lipinski definition) is 2. The summed E-state index contributed by atoms with van der Waals surface area (Å²) in [5.41, 5.74) is 1.40. The van der Waals surface area contributed by atoms with Crippen LogP contribution in [0.25, 0.3) is 0 Å². The summed E-state index contributed by atoms with van der Waals surface area (Å²) >= 11 is 0. The zero-order valence-electron chi connectivity index (χ0n) is 22.8. The average Bonchev–Trinajstić information content (AvgIpc) is 3.18. The Bertz CT molecular complexity index is 880. The number of carboxylic acids is 1. The molecule has 0 radical (unpaired) electrons. The lowest BCUT2D eigenvalue weighted by molar-refractivity contribution is -0.250. The largest absolute Gasteiger partial charge is 0.481 e. The van der Waals surface area contributed by atoms with Gasteiger partial charge in [0.15, 0.2) is 0 Å². The van der Waals surface area contributed by atoms with E-state index in [2.05, 4.69) is 48.1 Å². The van der Waals surface area contributed by atoms with Crippen molar-refractivity contribution in [1.82, 2.24) is 0 Å². The zero-order chi connectivity index (χ0) is 24.9. The van der Waals surface area contributed by atoms with E-state index >= 15 is 0 Å². The van der Waals surface area contributed by atoms with Gasteiger partial charge in [-0.05, 0) is 129 Å². The summed E-state index contributed by atoms with van der Waals surface area (Å²) in [4.78, 5) is 12.8. The number of aliphatic hydroxyl groups is 1. The highest BCUT2D eigenvalue weighted by Gasteiger charge is 2.72. The summed E-state index contributed by atoms with van der Waals surface area (Å²) < 4.78 is 0. The highest BCUT2D eigenvalue weighted by Crippen LogP contribution is 2.77. The fourth-order valence-corrected chi connectivity index (χ4v) is 11.8. The standard InChI is InChI=1S/C31H50O3/c1-8-27(4)22-12-15-30(7)23(28(22,5)14-13-24(27)32)10-9-21-25-20(19(2)3)11-16-31(25,26(33)34)18-17-29(21,30)6/h20-25,32H,2,8-18H2,1,3-7H3,(H,33,34). The molecule has 3 heteroatoms. The lowest BCUT2D eigenvalue weighted by Crippen LogP contribution is -2.67. The minimum Gasteiger partial charge on any atom is -0.481 e. The Morgan fingerprint density at radius 3 is 2.21 bits per heavy atom. The molecule has 34 heavy (non-hydrogen) atoms. The Balaban J connectivity index is 1.56. The number of fused-ring (bicyclic) bond motifs is 7. The van der Waals surface area contributed by atoms with Crippen LogP contribution < -0.4 is 0 Å². The highest BCUT2D eigenvalue weighted by molar-refractivity contribution is 5.76. The molecule has 2 N–H and O–H groups in total. The molecule has 0 aromatic carbocycles. The van der Waals surface area contributed by atoms with Gasteiger partial charge in [-0.1, -0.05) is 46.8 Å². The molecule has 5 fully saturated rings. The van der Waals surface area contributed by atoms with Gasteiger partial charge in [0.1, 0.15) is 0 Å². The van der Waals surface area contributed by atoms with Gasteiger partial charge in [0.05, 0.1) is 11.5 Å². The van der Waals surface area contributed by atoms with E-state index in [1.54, 1.807) is 0 Å². The number of rotatable bonds is 3. The molecule has 192 valence electrons. The first kappa shape index (κ1) is 24.8. The SMILES string of the molecule is C=C(C)C1CCC2(C(=O)O)CCC3(C)C(CCC4C5(C)CCC(O)C(C)(CC)C5CCC43C)C12. The predicted molar refractivity (Wildman–Crippen MR) is 137 cm³/mol. The van der Waals surface area contributed by atoms with Crippen molar-refractivity contribution in [3.63, 3.8) is 0 Å². The molecular formula is C31H50O3. The second-order valence-corrected chi connectivity index (χ2v) is 14.6. The van der Waals surface area contributed by atoms with Crippen LogP contribution in [0.1, 0.15) is 112 Å². The van der Waals surface area contributed by atoms with Crippen molar-refractivity contribution in [2.24, 2.45) is 56.7 Å². The van der Waals surface area contributed by atoms with Crippen molar-refractivity contribution in [2.45, 2.75) is 118 Å². The number of aliphatic carboxylic acids is 1. The molecule has 11 unspecified atom stereocenters. The molecular weight excluding hydrogens is 420 g/mol. The smallest absolute Gasteiger partial charge is 0.309 e. The summed E-state index contributed by atoms with van der Waals surface area (Å²) in [6, 6.07) is 0. The predicted octanol–water partition coefficient (Wildman–Crippen LogP) is 7.48. The number of aliphatic hydroxyl groups excluding tert-OH is 1. The summed E-state index contributed by atoms with van der Waals surface area (Å²) in [5.74, 6) is 1.81. The lowest BCUT2D eigenvalue weighted by Gasteiger charge is -2.73. The molecule has 0 amide bonds. The summed E-state index contributed by atoms with van der Waals surface area (Å²) in [5, 5.41) is 21.6. The van der Waals surface area contributed by atoms with Crippen molar-refractivity contribution >= 4 is 5.97 Å². The molecule has 0 aromatic rings. The van der Waals surface area contributed by atoms with Crippen LogP contribution in [0.2, 0.25) is 0 Å². The number of carbonyl (C=O) groups is 1. The molecule has 0 aliphatic heterocycles. The van der Waals surface area contributed by atoms with E-state index in [1.165, 1.54) is 31.3 Å². The van der Waals surface area contributed by atoms with Crippen molar-refractivity contribution < 1.29 is 15.0 Å². The third kappa shape index (κ3) is 2.77. The monoisotopic (exact) mass is 470 g/mol. The first-order valence-corrected chi connectivity index (χ1v) is 14.4. The van der Waals surface area contributed by atoms with Crippen LogP contribution in [0, 0.1) is 56.7 Å². The van der Waals surface area contributed by atoms with Gasteiger partial charge in [-0.2, -0.15) is 0 Å². The number of hydrogen-bond donors (Lipinski definition) is 2. The van der Waals surface area contributed by atoms with E-state index < -0.39 is 11.4 Å². The minimum absolute atomic E-state index is 0.0214. The molecule has 0 aromatic heterocycles. The van der Waals surface area contributed by atoms with E-state index in [0.717, 1.165) is 44.9 Å². The molecule has 11 atom stereocenters. The van der Waals surface area contributed by atoms with Crippen LogP contribution in [0.5, 0.6) is 0 Å². The fraction of sp³-hybridized carbons (Fsp3) is 0.903. The molecule has 5 aliphatic rings. The van der Waals surface area contributed by atoms with Crippen molar-refractivity contribution in [1.29, 1.82) is 0 Å². The maximum atomic E-state index is 12.8. The van der Waals surface area contributed by atoms with Gasteiger partial charge in [0.2, 0.25) is 0 Å². The van der Waals surface area contributed by atoms with Crippen molar-refractivity contribution in [2.75, 3.05) is 0 Å². The summed E-state index contributed by atoms with van der Waals surface area (Å²) in [7, 11) is 0. The molecule has 0 spiro atoms. The maximum Gasteiger partial charge on any atom is 0.309 e. The second-order valence-electron chi connectivity index (χ2n) is 14.6. The van der Waals surface area contributed by atoms with Gasteiger partial charge < -0.3 is 10.2 Å². The van der Waals surface area contributed by atoms with E-state index in [1.807, 2.05) is 0 Å². The quantitative estimate of drug-likeness (QED) is 0.420. The van der Waals surface area contributed by atoms with Crippen LogP contribution in [0.4, 0.5) is 0 Å². The first-order chi connectivity index (χ1) is 15.8. The van der Waals surface area contributed by atoms with Gasteiger partial charge in [-0.25, -0.2) is 0 Å². The third-order valence-corrected chi connectivity index (χ3v) is 14.0. The maximum absolute atomic E-state index is 12.8. The van der Waals surface area contributed by atoms with Gasteiger partial charge >= 0.3 is 5.97 Å². The van der Waals surface area contributed by atoms with Gasteiger partial charge in [0, 0.05) is 0 Å². The number of allylic oxidation sites excluding steroid dienone is 1. The van der Waals surface area contributed by atoms with Gasteiger partial charge in [0.25, 0.3) is 0 Å². The Kier molecular flexibility index (Phi) is 5.55. The molecule has 5 aliphatic carbocycles. The van der Waals surface area contributed by atoms with Crippen LogP contribution >= 0.6 is 0 Å². The van der Waals surface area contributed by atoms with Gasteiger partial charge in [-0.15, -0.1) is 0 Å².